The summed E-state index contributed by atoms with van der Waals surface area (Å²) in [5, 5.41) is 2.82. The van der Waals surface area contributed by atoms with Crippen LogP contribution in [0.5, 0.6) is 0 Å². The van der Waals surface area contributed by atoms with E-state index < -0.39 is 0 Å². The van der Waals surface area contributed by atoms with E-state index >= 15 is 0 Å². The second kappa shape index (κ2) is 7.91. The average Bonchev–Trinajstić information content (AvgIpc) is 2.31. The average molecular weight is 316 g/mol. The van der Waals surface area contributed by atoms with Crippen molar-refractivity contribution in [3.8, 4) is 0 Å². The van der Waals surface area contributed by atoms with Gasteiger partial charge in [0.25, 0.3) is 0 Å². The SMILES string of the molecule is CC.CCC1C=c2ccccc2=CC1.I. The maximum atomic E-state index is 2.40. The van der Waals surface area contributed by atoms with Gasteiger partial charge in [0.1, 0.15) is 0 Å². The van der Waals surface area contributed by atoms with Gasteiger partial charge in [0.2, 0.25) is 0 Å². The minimum Gasteiger partial charge on any atom is -0.107 e. The van der Waals surface area contributed by atoms with Crippen molar-refractivity contribution in [1.82, 2.24) is 0 Å². The van der Waals surface area contributed by atoms with Gasteiger partial charge in [-0.05, 0) is 29.2 Å². The molecule has 0 bridgehead atoms. The minimum absolute atomic E-state index is 0. The Bertz CT molecular complexity index is 379. The Morgan fingerprint density at radius 1 is 1.13 bits per heavy atom. The van der Waals surface area contributed by atoms with Crippen molar-refractivity contribution in [3.05, 3.63) is 34.7 Å². The van der Waals surface area contributed by atoms with E-state index in [-0.39, 0.29) is 24.0 Å². The molecule has 15 heavy (non-hydrogen) atoms. The number of fused-ring (bicyclic) bond motifs is 1. The molecular formula is C14H21I. The Kier molecular flexibility index (Phi) is 7.75. The Hall–Kier alpha value is -0.310. The Labute approximate surface area is 110 Å². The standard InChI is InChI=1S/C12H14.C2H6.HI/c1-2-10-7-8-11-5-3-4-6-12(11)9-10;1-2;/h3-6,8-10H,2,7H2,1H3;1-2H3;1H. The summed E-state index contributed by atoms with van der Waals surface area (Å²) in [4.78, 5) is 0. The van der Waals surface area contributed by atoms with Gasteiger partial charge >= 0.3 is 0 Å². The first-order valence-corrected chi connectivity index (χ1v) is 5.67. The first-order valence-electron chi connectivity index (χ1n) is 5.67. The molecule has 0 aromatic heterocycles. The van der Waals surface area contributed by atoms with Crippen LogP contribution in [-0.4, -0.2) is 0 Å². The molecule has 84 valence electrons. The predicted molar refractivity (Wildman–Crippen MR) is 79.8 cm³/mol. The van der Waals surface area contributed by atoms with Crippen molar-refractivity contribution in [2.24, 2.45) is 5.92 Å². The topological polar surface area (TPSA) is 0 Å². The zero-order chi connectivity index (χ0) is 10.4. The third-order valence-corrected chi connectivity index (χ3v) is 2.58. The van der Waals surface area contributed by atoms with E-state index in [1.54, 1.807) is 0 Å². The van der Waals surface area contributed by atoms with Crippen molar-refractivity contribution in [2.45, 2.75) is 33.6 Å². The van der Waals surface area contributed by atoms with Crippen molar-refractivity contribution in [3.63, 3.8) is 0 Å². The molecule has 0 aliphatic heterocycles. The van der Waals surface area contributed by atoms with Gasteiger partial charge in [-0.15, -0.1) is 24.0 Å². The van der Waals surface area contributed by atoms with Crippen molar-refractivity contribution in [1.29, 1.82) is 0 Å². The van der Waals surface area contributed by atoms with Crippen molar-refractivity contribution in [2.75, 3.05) is 0 Å². The second-order valence-corrected chi connectivity index (χ2v) is 3.40. The molecule has 0 heterocycles. The molecule has 1 aliphatic carbocycles. The van der Waals surface area contributed by atoms with Crippen LogP contribution in [-0.2, 0) is 0 Å². The summed E-state index contributed by atoms with van der Waals surface area (Å²) in [7, 11) is 0. The lowest BCUT2D eigenvalue weighted by Gasteiger charge is -2.10. The third-order valence-electron chi connectivity index (χ3n) is 2.58. The molecular weight excluding hydrogens is 295 g/mol. The molecule has 1 aliphatic rings. The smallest absolute Gasteiger partial charge is 0.0192 e. The zero-order valence-electron chi connectivity index (χ0n) is 9.86. The van der Waals surface area contributed by atoms with E-state index in [0.29, 0.717) is 0 Å². The molecule has 1 unspecified atom stereocenters. The highest BCUT2D eigenvalue weighted by Gasteiger charge is 2.03. The maximum Gasteiger partial charge on any atom is -0.0192 e. The van der Waals surface area contributed by atoms with E-state index in [1.807, 2.05) is 13.8 Å². The van der Waals surface area contributed by atoms with Gasteiger partial charge in [-0.1, -0.05) is 57.2 Å². The Morgan fingerprint density at radius 2 is 1.73 bits per heavy atom. The summed E-state index contributed by atoms with van der Waals surface area (Å²) < 4.78 is 0. The van der Waals surface area contributed by atoms with Gasteiger partial charge in [0.05, 0.1) is 0 Å². The largest absolute Gasteiger partial charge is 0.107 e. The van der Waals surface area contributed by atoms with Gasteiger partial charge in [-0.3, -0.25) is 0 Å². The van der Waals surface area contributed by atoms with Crippen LogP contribution in [0.4, 0.5) is 0 Å². The highest BCUT2D eigenvalue weighted by Crippen LogP contribution is 2.11. The van der Waals surface area contributed by atoms with Crippen LogP contribution >= 0.6 is 24.0 Å². The fourth-order valence-electron chi connectivity index (χ4n) is 1.73. The first kappa shape index (κ1) is 14.7. The monoisotopic (exact) mass is 316 g/mol. The van der Waals surface area contributed by atoms with E-state index in [0.717, 1.165) is 5.92 Å². The molecule has 0 spiro atoms. The van der Waals surface area contributed by atoms with Crippen LogP contribution in [0.3, 0.4) is 0 Å². The summed E-state index contributed by atoms with van der Waals surface area (Å²) in [5.41, 5.74) is 0. The van der Waals surface area contributed by atoms with Crippen LogP contribution in [0.25, 0.3) is 12.2 Å². The summed E-state index contributed by atoms with van der Waals surface area (Å²) >= 11 is 0. The molecule has 1 aromatic carbocycles. The predicted octanol–water partition coefficient (Wildman–Crippen LogP) is 3.32. The molecule has 2 rings (SSSR count). The summed E-state index contributed by atoms with van der Waals surface area (Å²) in [5.74, 6) is 0.764. The molecule has 0 saturated heterocycles. The molecule has 1 heteroatoms. The number of hydrogen-bond acceptors (Lipinski definition) is 0. The van der Waals surface area contributed by atoms with Gasteiger partial charge in [0.15, 0.2) is 0 Å². The van der Waals surface area contributed by atoms with E-state index in [9.17, 15) is 0 Å². The number of hydrogen-bond donors (Lipinski definition) is 0. The van der Waals surface area contributed by atoms with Crippen molar-refractivity contribution >= 4 is 36.1 Å². The molecule has 0 amide bonds. The number of rotatable bonds is 1. The molecule has 1 atom stereocenters. The summed E-state index contributed by atoms with van der Waals surface area (Å²) in [6, 6.07) is 8.61. The van der Waals surface area contributed by atoms with Crippen LogP contribution < -0.4 is 10.4 Å². The molecule has 0 N–H and O–H groups in total. The molecule has 1 aromatic rings. The van der Waals surface area contributed by atoms with Gasteiger partial charge in [0, 0.05) is 0 Å². The lowest BCUT2D eigenvalue weighted by Crippen LogP contribution is -2.28. The lowest BCUT2D eigenvalue weighted by molar-refractivity contribution is 0.682. The lowest BCUT2D eigenvalue weighted by atomic mass is 9.95. The fraction of sp³-hybridized carbons (Fsp3) is 0.429. The highest BCUT2D eigenvalue weighted by atomic mass is 127. The number of halogens is 1. The summed E-state index contributed by atoms with van der Waals surface area (Å²) in [6.07, 6.45) is 7.22. The second-order valence-electron chi connectivity index (χ2n) is 3.40. The van der Waals surface area contributed by atoms with E-state index in [2.05, 4.69) is 43.3 Å². The zero-order valence-corrected chi connectivity index (χ0v) is 12.2. The fourth-order valence-corrected chi connectivity index (χ4v) is 1.73. The molecule has 0 fully saturated rings. The Balaban J connectivity index is 0.000000617. The van der Waals surface area contributed by atoms with Crippen molar-refractivity contribution < 1.29 is 0 Å². The molecule has 0 radical (unpaired) electrons. The first-order chi connectivity index (χ1) is 6.90. The minimum atomic E-state index is 0. The third kappa shape index (κ3) is 3.98. The molecule has 0 nitrogen and oxygen atoms in total. The van der Waals surface area contributed by atoms with E-state index in [1.165, 1.54) is 23.3 Å². The van der Waals surface area contributed by atoms with Gasteiger partial charge in [-0.25, -0.2) is 0 Å². The van der Waals surface area contributed by atoms with Crippen LogP contribution in [0.15, 0.2) is 24.3 Å². The van der Waals surface area contributed by atoms with Gasteiger partial charge in [-0.2, -0.15) is 0 Å². The van der Waals surface area contributed by atoms with Crippen LogP contribution in [0.1, 0.15) is 33.6 Å². The Morgan fingerprint density at radius 3 is 2.33 bits per heavy atom. The normalized spacial score (nSPS) is 16.9. The maximum absolute atomic E-state index is 2.40. The molecule has 0 saturated carbocycles. The van der Waals surface area contributed by atoms with E-state index in [4.69, 9.17) is 0 Å². The highest BCUT2D eigenvalue weighted by molar-refractivity contribution is 14.0. The van der Waals surface area contributed by atoms with Crippen LogP contribution in [0.2, 0.25) is 0 Å². The summed E-state index contributed by atoms with van der Waals surface area (Å²) in [6.45, 7) is 6.25. The number of benzene rings is 1. The van der Waals surface area contributed by atoms with Crippen LogP contribution in [0, 0.1) is 5.92 Å². The van der Waals surface area contributed by atoms with Gasteiger partial charge < -0.3 is 0 Å². The quantitative estimate of drug-likeness (QED) is 0.697.